The maximum atomic E-state index is 9.00. The molecule has 0 spiro atoms. The largest absolute Gasteiger partial charge is 0.481 e. The Kier molecular flexibility index (Phi) is 68.7. The molecule has 0 aromatic rings. The number of nitrogens with two attached hydrogens (primary N) is 2. The van der Waals surface area contributed by atoms with E-state index in [1.54, 1.807) is 6.07 Å². The van der Waals surface area contributed by atoms with Crippen molar-refractivity contribution in [3.05, 3.63) is 0 Å². The van der Waals surface area contributed by atoms with E-state index in [1.807, 2.05) is 0 Å². The van der Waals surface area contributed by atoms with E-state index in [0.717, 1.165) is 27.7 Å². The van der Waals surface area contributed by atoms with E-state index in [-0.39, 0.29) is 0 Å². The van der Waals surface area contributed by atoms with Crippen LogP contribution in [0.2, 0.25) is 0 Å². The summed E-state index contributed by atoms with van der Waals surface area (Å²) in [6.45, 7) is 6.96. The number of nitriles is 1. The van der Waals surface area contributed by atoms with Crippen LogP contribution in [-0.4, -0.2) is 57.4 Å². The van der Waals surface area contributed by atoms with Crippen LogP contribution in [0.15, 0.2) is 0 Å². The van der Waals surface area contributed by atoms with E-state index >= 15 is 0 Å². The summed E-state index contributed by atoms with van der Waals surface area (Å²) in [5, 5.41) is 37.0. The monoisotopic (exact) mass is 341 g/mol. The molecule has 0 radical (unpaired) electrons. The molecule has 8 N–H and O–H groups in total. The average molecular weight is 341 g/mol. The van der Waals surface area contributed by atoms with Crippen molar-refractivity contribution in [2.75, 3.05) is 13.1 Å². The molecule has 0 heterocycles. The second-order valence-corrected chi connectivity index (χ2v) is 2.88. The normalized spacial score (nSPS) is 6.00. The number of aliphatic carboxylic acids is 4. The van der Waals surface area contributed by atoms with Gasteiger partial charge in [-0.1, -0.05) is 0 Å². The number of rotatable bonds is 1. The molecule has 0 saturated heterocycles. The quantitative estimate of drug-likeness (QED) is 0.366. The lowest BCUT2D eigenvalue weighted by Crippen LogP contribution is -2.11. The second kappa shape index (κ2) is 42.7. The van der Waals surface area contributed by atoms with Gasteiger partial charge in [0.05, 0.1) is 6.07 Å². The summed E-state index contributed by atoms with van der Waals surface area (Å²) in [5.74, 6) is -3.33. The van der Waals surface area contributed by atoms with Gasteiger partial charge in [-0.25, -0.2) is 0 Å². The summed E-state index contributed by atoms with van der Waals surface area (Å²) in [6, 6.07) is 1.75. The van der Waals surface area contributed by atoms with Crippen LogP contribution < -0.4 is 11.5 Å². The van der Waals surface area contributed by atoms with Gasteiger partial charge in [0, 0.05) is 47.7 Å². The fraction of sp³-hybridized carbons (Fsp3) is 0.583. The molecule has 0 atom stereocenters. The van der Waals surface area contributed by atoms with Crippen LogP contribution >= 0.6 is 0 Å². The zero-order chi connectivity index (χ0) is 20.4. The van der Waals surface area contributed by atoms with Gasteiger partial charge in [0.2, 0.25) is 0 Å². The highest BCUT2D eigenvalue weighted by Gasteiger charge is 1.66. The zero-order valence-corrected chi connectivity index (χ0v) is 13.9. The molecule has 0 aliphatic heterocycles. The fourth-order valence-electron chi connectivity index (χ4n) is 0. The van der Waals surface area contributed by atoms with E-state index in [1.165, 1.54) is 6.92 Å². The Bertz CT molecular complexity index is 261. The van der Waals surface area contributed by atoms with Crippen LogP contribution in [-0.2, 0) is 19.2 Å². The molecule has 0 bridgehead atoms. The molecule has 0 rings (SSSR count). The van der Waals surface area contributed by atoms with Gasteiger partial charge in [-0.2, -0.15) is 5.26 Å². The minimum absolute atomic E-state index is 0.597. The molecule has 0 amide bonds. The van der Waals surface area contributed by atoms with E-state index in [2.05, 4.69) is 0 Å². The summed E-state index contributed by atoms with van der Waals surface area (Å²) >= 11 is 0. The van der Waals surface area contributed by atoms with Gasteiger partial charge in [-0.05, 0) is 0 Å². The Balaban J connectivity index is -0.0000000378. The van der Waals surface area contributed by atoms with Crippen LogP contribution in [0.4, 0.5) is 0 Å². The summed E-state index contributed by atoms with van der Waals surface area (Å²) in [5.41, 5.74) is 9.81. The minimum Gasteiger partial charge on any atom is -0.481 e. The van der Waals surface area contributed by atoms with Crippen LogP contribution in [0.1, 0.15) is 34.6 Å². The highest BCUT2D eigenvalue weighted by Crippen LogP contribution is 1.43. The number of carboxylic acids is 4. The Labute approximate surface area is 135 Å². The fourth-order valence-corrected chi connectivity index (χ4v) is 0. The van der Waals surface area contributed by atoms with Crippen molar-refractivity contribution in [3.63, 3.8) is 0 Å². The SMILES string of the molecule is CC#N.CC(=O)O.CC(=O)O.CC(=O)O.CC(=O)O.NCCN. The highest BCUT2D eigenvalue weighted by molar-refractivity contribution is 5.63. The highest BCUT2D eigenvalue weighted by atomic mass is 16.4. The van der Waals surface area contributed by atoms with Crippen molar-refractivity contribution in [1.82, 2.24) is 0 Å². The molecule has 0 aliphatic carbocycles. The van der Waals surface area contributed by atoms with Crippen LogP contribution in [0.25, 0.3) is 0 Å². The van der Waals surface area contributed by atoms with Gasteiger partial charge < -0.3 is 31.9 Å². The predicted octanol–water partition coefficient (Wildman–Crippen LogP) is -0.203. The first kappa shape index (κ1) is 37.0. The van der Waals surface area contributed by atoms with Gasteiger partial charge in [0.25, 0.3) is 23.9 Å². The standard InChI is InChI=1S/C2H8N2.C2H3N.4C2H4O2/c3-1-2-4;1-2-3;4*1-2(3)4/h1-4H2;1H3;4*1H3,(H,3,4). The first-order valence-electron chi connectivity index (χ1n) is 5.75. The summed E-state index contributed by atoms with van der Waals surface area (Å²) in [7, 11) is 0. The molecule has 11 heteroatoms. The Morgan fingerprint density at radius 1 is 0.739 bits per heavy atom. The molecule has 0 saturated carbocycles. The Morgan fingerprint density at radius 3 is 0.783 bits per heavy atom. The minimum atomic E-state index is -0.833. The van der Waals surface area contributed by atoms with Crippen molar-refractivity contribution in [2.24, 2.45) is 11.5 Å². The molecule has 0 aromatic heterocycles. The smallest absolute Gasteiger partial charge is 0.300 e. The topological polar surface area (TPSA) is 225 Å². The molecular weight excluding hydrogens is 314 g/mol. The molecule has 0 fully saturated rings. The average Bonchev–Trinajstić information content (AvgIpc) is 2.26. The molecule has 0 aromatic carbocycles. The number of hydrogen-bond donors (Lipinski definition) is 6. The van der Waals surface area contributed by atoms with Gasteiger partial charge in [-0.3, -0.25) is 19.2 Å². The maximum absolute atomic E-state index is 9.00. The van der Waals surface area contributed by atoms with Gasteiger partial charge in [0.1, 0.15) is 0 Å². The molecule has 0 unspecified atom stereocenters. The maximum Gasteiger partial charge on any atom is 0.300 e. The lowest BCUT2D eigenvalue weighted by molar-refractivity contribution is -0.135. The van der Waals surface area contributed by atoms with Gasteiger partial charge in [-0.15, -0.1) is 0 Å². The summed E-state index contributed by atoms with van der Waals surface area (Å²) in [6.07, 6.45) is 0. The van der Waals surface area contributed by atoms with Crippen molar-refractivity contribution in [2.45, 2.75) is 34.6 Å². The second-order valence-electron chi connectivity index (χ2n) is 2.88. The number of nitrogens with zero attached hydrogens (tertiary/aromatic N) is 1. The van der Waals surface area contributed by atoms with Crippen LogP contribution in [0, 0.1) is 11.3 Å². The van der Waals surface area contributed by atoms with Crippen molar-refractivity contribution in [1.29, 1.82) is 5.26 Å². The molecule has 23 heavy (non-hydrogen) atoms. The van der Waals surface area contributed by atoms with E-state index in [0.29, 0.717) is 13.1 Å². The summed E-state index contributed by atoms with van der Waals surface area (Å²) < 4.78 is 0. The van der Waals surface area contributed by atoms with E-state index in [4.69, 9.17) is 56.3 Å². The molecular formula is C12H27N3O8. The van der Waals surface area contributed by atoms with Crippen molar-refractivity contribution in [3.8, 4) is 6.07 Å². The predicted molar refractivity (Wildman–Crippen MR) is 82.6 cm³/mol. The molecule has 138 valence electrons. The third-order valence-electron chi connectivity index (χ3n) is 0.167. The van der Waals surface area contributed by atoms with E-state index in [9.17, 15) is 0 Å². The number of carbonyl (C=O) groups is 4. The summed E-state index contributed by atoms with van der Waals surface area (Å²) in [4.78, 5) is 36.0. The third kappa shape index (κ3) is 1970. The van der Waals surface area contributed by atoms with Crippen LogP contribution in [0.3, 0.4) is 0 Å². The Hall–Kier alpha value is -2.71. The van der Waals surface area contributed by atoms with Gasteiger partial charge in [0.15, 0.2) is 0 Å². The first-order chi connectivity index (χ1) is 10.3. The first-order valence-corrected chi connectivity index (χ1v) is 5.75. The van der Waals surface area contributed by atoms with Gasteiger partial charge >= 0.3 is 0 Å². The Morgan fingerprint density at radius 2 is 0.783 bits per heavy atom. The number of carboxylic acid groups (broad SMARTS) is 4. The lowest BCUT2D eigenvalue weighted by atomic mass is 10.7. The van der Waals surface area contributed by atoms with Crippen molar-refractivity contribution < 1.29 is 39.6 Å². The molecule has 11 nitrogen and oxygen atoms in total. The number of hydrogen-bond acceptors (Lipinski definition) is 7. The van der Waals surface area contributed by atoms with Crippen LogP contribution in [0.5, 0.6) is 0 Å². The van der Waals surface area contributed by atoms with E-state index < -0.39 is 23.9 Å². The van der Waals surface area contributed by atoms with Crippen molar-refractivity contribution >= 4 is 23.9 Å². The lowest BCUT2D eigenvalue weighted by Gasteiger charge is -1.72. The third-order valence-corrected chi connectivity index (χ3v) is 0.167. The zero-order valence-electron chi connectivity index (χ0n) is 13.9. The molecule has 0 aliphatic rings.